The Bertz CT molecular complexity index is 1300. The molecule has 154 valence electrons. The van der Waals surface area contributed by atoms with Crippen molar-refractivity contribution in [3.8, 4) is 22.5 Å². The first-order valence-corrected chi connectivity index (χ1v) is 10.5. The maximum absolute atomic E-state index is 12.8. The number of rotatable bonds is 3. The van der Waals surface area contributed by atoms with Gasteiger partial charge in [0.1, 0.15) is 11.3 Å². The number of carbonyl (C=O) groups excluding carboxylic acids is 1. The van der Waals surface area contributed by atoms with E-state index in [2.05, 4.69) is 31.9 Å². The van der Waals surface area contributed by atoms with Crippen molar-refractivity contribution in [1.29, 1.82) is 5.41 Å². The average Bonchev–Trinajstić information content (AvgIpc) is 2.68. The van der Waals surface area contributed by atoms with Crippen LogP contribution in [0.1, 0.15) is 17.3 Å². The van der Waals surface area contributed by atoms with Crippen LogP contribution >= 0.6 is 44.3 Å². The molecule has 4 rings (SSSR count). The molecule has 0 unspecified atom stereocenters. The number of hydrogen-bond acceptors (Lipinski definition) is 5. The second-order valence-electron chi connectivity index (χ2n) is 6.45. The van der Waals surface area contributed by atoms with Crippen LogP contribution in [0.2, 0.25) is 0 Å². The topological polar surface area (TPSA) is 89.3 Å². The number of halogens is 3. The highest BCUT2D eigenvalue weighted by Gasteiger charge is 2.25. The minimum Gasteiger partial charge on any atom is -0.462 e. The van der Waals surface area contributed by atoms with Gasteiger partial charge in [0, 0.05) is 48.8 Å². The van der Waals surface area contributed by atoms with Crippen molar-refractivity contribution in [2.75, 3.05) is 12.3 Å². The average molecular weight is 553 g/mol. The molecule has 2 aromatic rings. The van der Waals surface area contributed by atoms with Crippen LogP contribution < -0.4 is 11.1 Å². The zero-order valence-corrected chi connectivity index (χ0v) is 19.8. The van der Waals surface area contributed by atoms with Crippen LogP contribution in [0.15, 0.2) is 61.9 Å². The van der Waals surface area contributed by atoms with Crippen LogP contribution in [0, 0.1) is 5.41 Å². The minimum atomic E-state index is -0.412. The molecule has 0 radical (unpaired) electrons. The molecule has 1 heterocycles. The van der Waals surface area contributed by atoms with Crippen molar-refractivity contribution >= 4 is 66.9 Å². The summed E-state index contributed by atoms with van der Waals surface area (Å²) in [5.74, 6) is 0.123. The van der Waals surface area contributed by atoms with Crippen LogP contribution in [-0.4, -0.2) is 12.6 Å². The van der Waals surface area contributed by atoms with E-state index in [0.29, 0.717) is 33.5 Å². The third-order valence-corrected chi connectivity index (χ3v) is 6.60. The van der Waals surface area contributed by atoms with E-state index in [-0.39, 0.29) is 19.0 Å². The van der Waals surface area contributed by atoms with Gasteiger partial charge in [-0.05, 0) is 75.2 Å². The lowest BCUT2D eigenvalue weighted by Gasteiger charge is -2.19. The number of nitrogen functional groups attached to an aromatic ring is 1. The smallest absolute Gasteiger partial charge is 0.338 e. The number of benzene rings is 3. The molecule has 3 N–H and O–H groups in total. The molecule has 30 heavy (non-hydrogen) atoms. The first kappa shape index (κ1) is 22.3. The number of nitrogens with two attached hydrogens (primary N) is 1. The lowest BCUT2D eigenvalue weighted by atomic mass is 9.90. The monoisotopic (exact) mass is 550 g/mol. The van der Waals surface area contributed by atoms with Crippen LogP contribution in [0.4, 0.5) is 5.69 Å². The Kier molecular flexibility index (Phi) is 6.55. The van der Waals surface area contributed by atoms with E-state index in [1.54, 1.807) is 43.3 Å². The van der Waals surface area contributed by atoms with Gasteiger partial charge in [-0.15, -0.1) is 12.4 Å². The predicted molar refractivity (Wildman–Crippen MR) is 127 cm³/mol. The van der Waals surface area contributed by atoms with Gasteiger partial charge in [-0.1, -0.05) is 0 Å². The summed E-state index contributed by atoms with van der Waals surface area (Å²) in [4.78, 5) is 12.8. The lowest BCUT2D eigenvalue weighted by molar-refractivity contribution is 0.0527. The van der Waals surface area contributed by atoms with Gasteiger partial charge < -0.3 is 20.3 Å². The van der Waals surface area contributed by atoms with Gasteiger partial charge in [0.25, 0.3) is 0 Å². The zero-order chi connectivity index (χ0) is 20.7. The first-order valence-electron chi connectivity index (χ1n) is 8.87. The van der Waals surface area contributed by atoms with E-state index in [0.717, 1.165) is 25.5 Å². The number of esters is 1. The van der Waals surface area contributed by atoms with Crippen LogP contribution in [-0.2, 0) is 4.74 Å². The molecule has 2 aliphatic rings. The Morgan fingerprint density at radius 1 is 1.10 bits per heavy atom. The van der Waals surface area contributed by atoms with Crippen LogP contribution in [0.25, 0.3) is 33.4 Å². The van der Waals surface area contributed by atoms with Gasteiger partial charge in [-0.25, -0.2) is 4.79 Å². The Labute approximate surface area is 195 Å². The van der Waals surface area contributed by atoms with Crippen LogP contribution in [0.5, 0.6) is 0 Å². The summed E-state index contributed by atoms with van der Waals surface area (Å²) in [5, 5.41) is 9.10. The third-order valence-electron chi connectivity index (χ3n) is 4.59. The Balaban J connectivity index is 0.00000256. The lowest BCUT2D eigenvalue weighted by Crippen LogP contribution is -2.08. The second-order valence-corrected chi connectivity index (χ2v) is 8.10. The van der Waals surface area contributed by atoms with Gasteiger partial charge >= 0.3 is 5.97 Å². The maximum Gasteiger partial charge on any atom is 0.338 e. The standard InChI is InChI=1S/C22H16Br2N2O3.ClH/c1-2-28-22(27)15-7-8-16(23)21(24)20(15)19-13-5-3-11(25)9-17(13)29-18-10-12(26)4-6-14(18)19;/h3-10,25H,2,26H2,1H3;1H. The predicted octanol–water partition coefficient (Wildman–Crippen LogP) is 6.39. The highest BCUT2D eigenvalue weighted by Crippen LogP contribution is 2.46. The number of carbonyl (C=O) groups is 1. The summed E-state index contributed by atoms with van der Waals surface area (Å²) >= 11 is 7.19. The fourth-order valence-electron chi connectivity index (χ4n) is 3.35. The van der Waals surface area contributed by atoms with E-state index in [4.69, 9.17) is 20.3 Å². The van der Waals surface area contributed by atoms with E-state index < -0.39 is 5.97 Å². The van der Waals surface area contributed by atoms with Crippen molar-refractivity contribution < 1.29 is 13.9 Å². The number of fused-ring (bicyclic) bond motifs is 2. The molecule has 2 aromatic carbocycles. The van der Waals surface area contributed by atoms with E-state index in [1.807, 2.05) is 12.1 Å². The van der Waals surface area contributed by atoms with E-state index in [9.17, 15) is 4.79 Å². The Morgan fingerprint density at radius 3 is 2.60 bits per heavy atom. The zero-order valence-electron chi connectivity index (χ0n) is 15.8. The van der Waals surface area contributed by atoms with Crippen molar-refractivity contribution in [3.05, 3.63) is 68.4 Å². The summed E-state index contributed by atoms with van der Waals surface area (Å²) in [5.41, 5.74) is 9.80. The largest absolute Gasteiger partial charge is 0.462 e. The summed E-state index contributed by atoms with van der Waals surface area (Å²) in [6.07, 6.45) is 0. The fraction of sp³-hybridized carbons (Fsp3) is 0.0909. The van der Waals surface area contributed by atoms with Gasteiger partial charge in [0.15, 0.2) is 0 Å². The molecule has 1 aliphatic carbocycles. The number of nitrogens with one attached hydrogen (secondary N) is 1. The molecule has 5 nitrogen and oxygen atoms in total. The van der Waals surface area contributed by atoms with Crippen molar-refractivity contribution in [1.82, 2.24) is 0 Å². The molecule has 0 saturated carbocycles. The van der Waals surface area contributed by atoms with Crippen molar-refractivity contribution in [3.63, 3.8) is 0 Å². The molecule has 0 fully saturated rings. The van der Waals surface area contributed by atoms with Crippen molar-refractivity contribution in [2.24, 2.45) is 0 Å². The van der Waals surface area contributed by atoms with Crippen LogP contribution in [0.3, 0.4) is 0 Å². The molecule has 1 aliphatic heterocycles. The van der Waals surface area contributed by atoms with E-state index >= 15 is 0 Å². The molecule has 0 spiro atoms. The maximum atomic E-state index is 12.8. The quantitative estimate of drug-likeness (QED) is 0.175. The molecule has 0 aromatic heterocycles. The molecular formula is C22H17Br2ClN2O3. The molecule has 0 bridgehead atoms. The molecule has 0 atom stereocenters. The van der Waals surface area contributed by atoms with E-state index in [1.165, 1.54) is 0 Å². The van der Waals surface area contributed by atoms with Gasteiger partial charge in [0.05, 0.1) is 17.5 Å². The number of ether oxygens (including phenoxy) is 1. The van der Waals surface area contributed by atoms with Gasteiger partial charge in [0.2, 0.25) is 0 Å². The molecule has 0 saturated heterocycles. The second kappa shape index (κ2) is 8.79. The summed E-state index contributed by atoms with van der Waals surface area (Å²) < 4.78 is 12.9. The molecular weight excluding hydrogens is 536 g/mol. The van der Waals surface area contributed by atoms with Crippen molar-refractivity contribution in [2.45, 2.75) is 6.92 Å². The third kappa shape index (κ3) is 3.85. The van der Waals surface area contributed by atoms with Gasteiger partial charge in [-0.3, -0.25) is 0 Å². The number of anilines is 1. The Morgan fingerprint density at radius 2 is 1.87 bits per heavy atom. The SMILES string of the molecule is CCOC(=O)c1ccc(Br)c(Br)c1-c1c2ccc(=N)cc-2oc2cc(N)ccc12.Cl. The normalized spacial score (nSPS) is 10.8. The summed E-state index contributed by atoms with van der Waals surface area (Å²) in [6.45, 7) is 2.05. The summed E-state index contributed by atoms with van der Waals surface area (Å²) in [7, 11) is 0. The molecule has 0 amide bonds. The molecule has 8 heteroatoms. The fourth-order valence-corrected chi connectivity index (χ4v) is 4.22. The highest BCUT2D eigenvalue weighted by molar-refractivity contribution is 9.13. The Hall–Kier alpha value is -2.35. The van der Waals surface area contributed by atoms with Gasteiger partial charge in [-0.2, -0.15) is 0 Å². The summed E-state index contributed by atoms with van der Waals surface area (Å²) in [6, 6.07) is 14.1. The highest BCUT2D eigenvalue weighted by atomic mass is 79.9. The minimum absolute atomic E-state index is 0. The first-order chi connectivity index (χ1) is 13.9. The number of hydrogen-bond donors (Lipinski definition) is 2.